The zero-order valence-electron chi connectivity index (χ0n) is 15.8. The van der Waals surface area contributed by atoms with Crippen molar-refractivity contribution in [2.45, 2.75) is 118 Å². The summed E-state index contributed by atoms with van der Waals surface area (Å²) in [5.74, 6) is -0.653. The van der Waals surface area contributed by atoms with E-state index >= 15 is 0 Å². The third-order valence-electron chi connectivity index (χ3n) is 4.93. The van der Waals surface area contributed by atoms with E-state index in [1.54, 1.807) is 0 Å². The van der Waals surface area contributed by atoms with E-state index in [1.165, 1.54) is 83.5 Å². The standard InChI is InChI=1S/C20H38I2O2/c1-3-5-6-7-8-9-10-11-12-13-14-15-16-17-18(21)20(22,4-2)19(23)24/h18H,3-17H2,1-2H3,(H,23,24). The SMILES string of the molecule is CCCCCCCCCCCCCCCC(I)C(I)(CC)C(=O)O. The van der Waals surface area contributed by atoms with Crippen molar-refractivity contribution >= 4 is 51.2 Å². The number of hydrogen-bond donors (Lipinski definition) is 1. The van der Waals surface area contributed by atoms with Crippen LogP contribution >= 0.6 is 45.2 Å². The van der Waals surface area contributed by atoms with Gasteiger partial charge in [-0.25, -0.2) is 0 Å². The number of carbonyl (C=O) groups is 1. The van der Waals surface area contributed by atoms with E-state index in [4.69, 9.17) is 0 Å². The summed E-state index contributed by atoms with van der Waals surface area (Å²) in [6, 6.07) is 0. The van der Waals surface area contributed by atoms with Crippen molar-refractivity contribution in [1.82, 2.24) is 0 Å². The van der Waals surface area contributed by atoms with Gasteiger partial charge in [0, 0.05) is 3.92 Å². The third kappa shape index (κ3) is 11.5. The van der Waals surface area contributed by atoms with Gasteiger partial charge < -0.3 is 5.11 Å². The predicted octanol–water partition coefficient (Wildman–Crippen LogP) is 7.94. The van der Waals surface area contributed by atoms with Crippen molar-refractivity contribution in [2.24, 2.45) is 0 Å². The van der Waals surface area contributed by atoms with Crippen LogP contribution in [-0.4, -0.2) is 18.4 Å². The molecule has 0 rings (SSSR count). The van der Waals surface area contributed by atoms with Crippen LogP contribution in [0.3, 0.4) is 0 Å². The molecule has 0 aliphatic carbocycles. The molecule has 2 nitrogen and oxygen atoms in total. The molecule has 0 aromatic rings. The average Bonchev–Trinajstić information content (AvgIpc) is 2.57. The van der Waals surface area contributed by atoms with Crippen LogP contribution in [0.1, 0.15) is 110 Å². The molecule has 0 fully saturated rings. The van der Waals surface area contributed by atoms with Crippen molar-refractivity contribution < 1.29 is 9.90 Å². The molecule has 24 heavy (non-hydrogen) atoms. The molecule has 0 aromatic carbocycles. The minimum atomic E-state index is -0.653. The molecule has 0 aromatic heterocycles. The molecule has 0 bridgehead atoms. The summed E-state index contributed by atoms with van der Waals surface area (Å²) in [5, 5.41) is 9.39. The molecule has 0 spiro atoms. The van der Waals surface area contributed by atoms with Gasteiger partial charge in [0.2, 0.25) is 0 Å². The Morgan fingerprint density at radius 3 is 1.54 bits per heavy atom. The summed E-state index contributed by atoms with van der Waals surface area (Å²) in [5.41, 5.74) is 0. The third-order valence-corrected chi connectivity index (χ3v) is 9.78. The monoisotopic (exact) mass is 564 g/mol. The van der Waals surface area contributed by atoms with Gasteiger partial charge >= 0.3 is 5.97 Å². The molecule has 0 saturated heterocycles. The molecular weight excluding hydrogens is 526 g/mol. The highest BCUT2D eigenvalue weighted by molar-refractivity contribution is 14.1. The molecule has 2 atom stereocenters. The second-order valence-electron chi connectivity index (χ2n) is 7.02. The first-order chi connectivity index (χ1) is 11.5. The Kier molecular flexibility index (Phi) is 16.8. The Balaban J connectivity index is 3.44. The van der Waals surface area contributed by atoms with E-state index in [2.05, 4.69) is 52.1 Å². The highest BCUT2D eigenvalue weighted by atomic mass is 127. The number of unbranched alkanes of at least 4 members (excludes halogenated alkanes) is 12. The lowest BCUT2D eigenvalue weighted by Gasteiger charge is -2.27. The summed E-state index contributed by atoms with van der Waals surface area (Å²) < 4.78 is -0.360. The molecule has 0 radical (unpaired) electrons. The van der Waals surface area contributed by atoms with Crippen LogP contribution in [0.4, 0.5) is 0 Å². The summed E-state index contributed by atoms with van der Waals surface area (Å²) >= 11 is 4.49. The molecular formula is C20H38I2O2. The Hall–Kier alpha value is 0.930. The highest BCUT2D eigenvalue weighted by Crippen LogP contribution is 2.36. The van der Waals surface area contributed by atoms with Gasteiger partial charge in [-0.2, -0.15) is 0 Å². The summed E-state index contributed by atoms with van der Waals surface area (Å²) in [4.78, 5) is 11.4. The molecule has 0 heterocycles. The Bertz CT molecular complexity index is 310. The van der Waals surface area contributed by atoms with Crippen molar-refractivity contribution in [3.63, 3.8) is 0 Å². The lowest BCUT2D eigenvalue weighted by atomic mass is 9.97. The first kappa shape index (κ1) is 24.9. The molecule has 0 amide bonds. The highest BCUT2D eigenvalue weighted by Gasteiger charge is 2.40. The normalized spacial score (nSPS) is 15.2. The molecule has 1 N–H and O–H groups in total. The predicted molar refractivity (Wildman–Crippen MR) is 123 cm³/mol. The number of halogens is 2. The van der Waals surface area contributed by atoms with Crippen LogP contribution in [0, 0.1) is 0 Å². The van der Waals surface area contributed by atoms with Crippen LogP contribution in [0.5, 0.6) is 0 Å². The van der Waals surface area contributed by atoms with Gasteiger partial charge in [-0.05, 0) is 12.8 Å². The first-order valence-electron chi connectivity index (χ1n) is 10.0. The lowest BCUT2D eigenvalue weighted by Crippen LogP contribution is -2.39. The fourth-order valence-corrected chi connectivity index (χ4v) is 4.54. The Morgan fingerprint density at radius 1 is 0.833 bits per heavy atom. The van der Waals surface area contributed by atoms with Gasteiger partial charge in [-0.3, -0.25) is 4.79 Å². The molecule has 0 aliphatic heterocycles. The zero-order valence-corrected chi connectivity index (χ0v) is 20.1. The van der Waals surface area contributed by atoms with Crippen LogP contribution in [-0.2, 0) is 4.79 Å². The summed E-state index contributed by atoms with van der Waals surface area (Å²) in [7, 11) is 0. The Labute approximate surface area is 177 Å². The quantitative estimate of drug-likeness (QED) is 0.111. The van der Waals surface area contributed by atoms with Crippen LogP contribution < -0.4 is 0 Å². The van der Waals surface area contributed by atoms with E-state index in [0.717, 1.165) is 6.42 Å². The van der Waals surface area contributed by atoms with Crippen molar-refractivity contribution in [3.8, 4) is 0 Å². The average molecular weight is 564 g/mol. The van der Waals surface area contributed by atoms with Crippen LogP contribution in [0.15, 0.2) is 0 Å². The Morgan fingerprint density at radius 2 is 1.21 bits per heavy atom. The van der Waals surface area contributed by atoms with Gasteiger partial charge in [-0.15, -0.1) is 0 Å². The zero-order chi connectivity index (χ0) is 18.3. The van der Waals surface area contributed by atoms with E-state index in [9.17, 15) is 9.90 Å². The minimum absolute atomic E-state index is 0.228. The molecule has 0 aliphatic rings. The summed E-state index contributed by atoms with van der Waals surface area (Å²) in [6.07, 6.45) is 19.5. The fourth-order valence-electron chi connectivity index (χ4n) is 3.08. The van der Waals surface area contributed by atoms with Crippen LogP contribution in [0.2, 0.25) is 0 Å². The second-order valence-corrected chi connectivity index (χ2v) is 10.4. The smallest absolute Gasteiger partial charge is 0.320 e. The van der Waals surface area contributed by atoms with Gasteiger partial charge in [0.05, 0.1) is 0 Å². The number of aliphatic carboxylic acids is 1. The topological polar surface area (TPSA) is 37.3 Å². The molecule has 144 valence electrons. The summed E-state index contributed by atoms with van der Waals surface area (Å²) in [6.45, 7) is 4.25. The van der Waals surface area contributed by atoms with Crippen molar-refractivity contribution in [1.29, 1.82) is 0 Å². The minimum Gasteiger partial charge on any atom is -0.480 e. The van der Waals surface area contributed by atoms with E-state index < -0.39 is 9.39 Å². The largest absolute Gasteiger partial charge is 0.480 e. The second kappa shape index (κ2) is 16.1. The number of carboxylic acid groups (broad SMARTS) is 1. The maximum atomic E-state index is 11.4. The number of carboxylic acids is 1. The lowest BCUT2D eigenvalue weighted by molar-refractivity contribution is -0.139. The maximum Gasteiger partial charge on any atom is 0.320 e. The fraction of sp³-hybridized carbons (Fsp3) is 0.950. The number of hydrogen-bond acceptors (Lipinski definition) is 1. The van der Waals surface area contributed by atoms with Gasteiger partial charge in [0.15, 0.2) is 0 Å². The molecule has 0 saturated carbocycles. The molecule has 4 heteroatoms. The van der Waals surface area contributed by atoms with Gasteiger partial charge in [0.25, 0.3) is 0 Å². The van der Waals surface area contributed by atoms with Gasteiger partial charge in [0.1, 0.15) is 3.42 Å². The van der Waals surface area contributed by atoms with Gasteiger partial charge in [-0.1, -0.05) is 142 Å². The first-order valence-corrected chi connectivity index (χ1v) is 12.4. The van der Waals surface area contributed by atoms with Crippen LogP contribution in [0.25, 0.3) is 0 Å². The van der Waals surface area contributed by atoms with E-state index in [1.807, 2.05) is 6.92 Å². The molecule has 2 unspecified atom stereocenters. The maximum absolute atomic E-state index is 11.4. The van der Waals surface area contributed by atoms with E-state index in [-0.39, 0.29) is 3.92 Å². The number of alkyl halides is 2. The van der Waals surface area contributed by atoms with E-state index in [0.29, 0.717) is 6.42 Å². The number of rotatable bonds is 17. The van der Waals surface area contributed by atoms with Crippen molar-refractivity contribution in [3.05, 3.63) is 0 Å². The van der Waals surface area contributed by atoms with Crippen molar-refractivity contribution in [2.75, 3.05) is 0 Å².